The van der Waals surface area contributed by atoms with E-state index in [0.717, 1.165) is 32.7 Å². The van der Waals surface area contributed by atoms with Gasteiger partial charge in [-0.3, -0.25) is 4.90 Å². The van der Waals surface area contributed by atoms with E-state index >= 15 is 0 Å². The summed E-state index contributed by atoms with van der Waals surface area (Å²) in [7, 11) is 0. The van der Waals surface area contributed by atoms with Crippen molar-refractivity contribution in [2.75, 3.05) is 44.2 Å². The number of hydrogen-bond donors (Lipinski definition) is 1. The molecular formula is C13H19BrN2O. The number of anilines is 1. The number of benzene rings is 1. The molecule has 0 bridgehead atoms. The second kappa shape index (κ2) is 5.85. The van der Waals surface area contributed by atoms with E-state index in [1.807, 2.05) is 0 Å². The number of nitrogens with zero attached hydrogens (tertiary/aromatic N) is 2. The number of aliphatic hydroxyl groups excluding tert-OH is 1. The van der Waals surface area contributed by atoms with E-state index < -0.39 is 0 Å². The number of β-amino-alcohol motifs (C(OH)–C–C–N with tert-alkyl or cyclic N) is 1. The molecule has 1 fully saturated rings. The van der Waals surface area contributed by atoms with Crippen molar-refractivity contribution in [1.82, 2.24) is 4.90 Å². The van der Waals surface area contributed by atoms with Crippen molar-refractivity contribution in [2.24, 2.45) is 0 Å². The molecule has 1 aliphatic rings. The molecule has 0 aliphatic carbocycles. The van der Waals surface area contributed by atoms with Crippen LogP contribution in [0.25, 0.3) is 0 Å². The van der Waals surface area contributed by atoms with E-state index in [1.165, 1.54) is 15.7 Å². The monoisotopic (exact) mass is 298 g/mol. The highest BCUT2D eigenvalue weighted by Gasteiger charge is 2.16. The van der Waals surface area contributed by atoms with Crippen LogP contribution in [-0.4, -0.2) is 49.3 Å². The molecule has 1 aromatic carbocycles. The van der Waals surface area contributed by atoms with Crippen molar-refractivity contribution in [3.8, 4) is 0 Å². The molecule has 3 nitrogen and oxygen atoms in total. The molecule has 2 rings (SSSR count). The van der Waals surface area contributed by atoms with E-state index in [-0.39, 0.29) is 6.61 Å². The molecule has 1 heterocycles. The van der Waals surface area contributed by atoms with Gasteiger partial charge < -0.3 is 10.0 Å². The van der Waals surface area contributed by atoms with Crippen LogP contribution >= 0.6 is 15.9 Å². The first-order valence-corrected chi connectivity index (χ1v) is 6.84. The van der Waals surface area contributed by atoms with Crippen LogP contribution in [0.2, 0.25) is 0 Å². The minimum absolute atomic E-state index is 0.260. The molecule has 1 N–H and O–H groups in total. The number of aliphatic hydroxyl groups is 1. The molecule has 0 amide bonds. The highest BCUT2D eigenvalue weighted by molar-refractivity contribution is 9.10. The van der Waals surface area contributed by atoms with Crippen LogP contribution in [0.3, 0.4) is 0 Å². The van der Waals surface area contributed by atoms with E-state index in [0.29, 0.717) is 0 Å². The number of halogens is 1. The Morgan fingerprint density at radius 1 is 1.24 bits per heavy atom. The van der Waals surface area contributed by atoms with Gasteiger partial charge in [-0.25, -0.2) is 0 Å². The van der Waals surface area contributed by atoms with Crippen molar-refractivity contribution in [3.05, 3.63) is 28.2 Å². The Bertz CT molecular complexity index is 376. The van der Waals surface area contributed by atoms with Crippen LogP contribution in [0.5, 0.6) is 0 Å². The van der Waals surface area contributed by atoms with Crippen LogP contribution in [0, 0.1) is 6.92 Å². The summed E-state index contributed by atoms with van der Waals surface area (Å²) in [5.41, 5.74) is 2.55. The molecule has 0 aromatic heterocycles. The molecule has 17 heavy (non-hydrogen) atoms. The Hall–Kier alpha value is -0.580. The van der Waals surface area contributed by atoms with Crippen molar-refractivity contribution >= 4 is 21.6 Å². The van der Waals surface area contributed by atoms with E-state index in [9.17, 15) is 0 Å². The van der Waals surface area contributed by atoms with Crippen LogP contribution in [0.1, 0.15) is 5.56 Å². The maximum absolute atomic E-state index is 8.91. The average Bonchev–Trinajstić information content (AvgIpc) is 2.34. The Morgan fingerprint density at radius 3 is 2.53 bits per heavy atom. The van der Waals surface area contributed by atoms with Gasteiger partial charge in [0.15, 0.2) is 0 Å². The lowest BCUT2D eigenvalue weighted by molar-refractivity contribution is 0.189. The normalized spacial score (nSPS) is 17.5. The van der Waals surface area contributed by atoms with E-state index in [2.05, 4.69) is 50.9 Å². The first-order valence-electron chi connectivity index (χ1n) is 6.05. The Morgan fingerprint density at radius 2 is 1.94 bits per heavy atom. The SMILES string of the molecule is Cc1ccc(N2CCN(CCO)CC2)cc1Br. The number of piperazine rings is 1. The summed E-state index contributed by atoms with van der Waals surface area (Å²) in [6, 6.07) is 6.53. The minimum Gasteiger partial charge on any atom is -0.395 e. The first kappa shape index (κ1) is 12.9. The van der Waals surface area contributed by atoms with Crippen molar-refractivity contribution in [3.63, 3.8) is 0 Å². The zero-order valence-corrected chi connectivity index (χ0v) is 11.8. The van der Waals surface area contributed by atoms with Gasteiger partial charge in [-0.05, 0) is 24.6 Å². The lowest BCUT2D eigenvalue weighted by Gasteiger charge is -2.35. The van der Waals surface area contributed by atoms with Gasteiger partial charge in [0, 0.05) is 42.9 Å². The van der Waals surface area contributed by atoms with Gasteiger partial charge in [0.25, 0.3) is 0 Å². The summed E-state index contributed by atoms with van der Waals surface area (Å²) >= 11 is 3.58. The van der Waals surface area contributed by atoms with E-state index in [4.69, 9.17) is 5.11 Å². The third-order valence-corrected chi connectivity index (χ3v) is 4.16. The van der Waals surface area contributed by atoms with E-state index in [1.54, 1.807) is 0 Å². The molecular weight excluding hydrogens is 280 g/mol. The molecule has 1 aromatic rings. The fraction of sp³-hybridized carbons (Fsp3) is 0.538. The van der Waals surface area contributed by atoms with Gasteiger partial charge in [0.1, 0.15) is 0 Å². The fourth-order valence-electron chi connectivity index (χ4n) is 2.15. The zero-order chi connectivity index (χ0) is 12.3. The van der Waals surface area contributed by atoms with Crippen LogP contribution in [-0.2, 0) is 0 Å². The molecule has 1 saturated heterocycles. The number of aryl methyl sites for hydroxylation is 1. The summed E-state index contributed by atoms with van der Waals surface area (Å²) < 4.78 is 1.17. The average molecular weight is 299 g/mol. The topological polar surface area (TPSA) is 26.7 Å². The Kier molecular flexibility index (Phi) is 4.42. The van der Waals surface area contributed by atoms with Crippen molar-refractivity contribution in [2.45, 2.75) is 6.92 Å². The lowest BCUT2D eigenvalue weighted by atomic mass is 10.2. The highest BCUT2D eigenvalue weighted by atomic mass is 79.9. The second-order valence-electron chi connectivity index (χ2n) is 4.49. The molecule has 0 radical (unpaired) electrons. The highest BCUT2D eigenvalue weighted by Crippen LogP contribution is 2.24. The largest absolute Gasteiger partial charge is 0.395 e. The second-order valence-corrected chi connectivity index (χ2v) is 5.34. The van der Waals surface area contributed by atoms with Gasteiger partial charge in [0.2, 0.25) is 0 Å². The van der Waals surface area contributed by atoms with Crippen LogP contribution in [0.4, 0.5) is 5.69 Å². The summed E-state index contributed by atoms with van der Waals surface area (Å²) in [5.74, 6) is 0. The minimum atomic E-state index is 0.260. The third-order valence-electron chi connectivity index (χ3n) is 3.31. The van der Waals surface area contributed by atoms with Gasteiger partial charge in [-0.1, -0.05) is 22.0 Å². The maximum Gasteiger partial charge on any atom is 0.0558 e. The molecule has 94 valence electrons. The van der Waals surface area contributed by atoms with Gasteiger partial charge in [-0.15, -0.1) is 0 Å². The predicted octanol–water partition coefficient (Wildman–Crippen LogP) is 1.87. The first-order chi connectivity index (χ1) is 8.20. The molecule has 0 saturated carbocycles. The maximum atomic E-state index is 8.91. The molecule has 0 unspecified atom stereocenters. The van der Waals surface area contributed by atoms with Crippen molar-refractivity contribution < 1.29 is 5.11 Å². The van der Waals surface area contributed by atoms with Crippen LogP contribution < -0.4 is 4.90 Å². The number of hydrogen-bond acceptors (Lipinski definition) is 3. The van der Waals surface area contributed by atoms with Crippen molar-refractivity contribution in [1.29, 1.82) is 0 Å². The third kappa shape index (κ3) is 3.21. The molecule has 1 aliphatic heterocycles. The summed E-state index contributed by atoms with van der Waals surface area (Å²) in [4.78, 5) is 4.71. The van der Waals surface area contributed by atoms with Gasteiger partial charge >= 0.3 is 0 Å². The predicted molar refractivity (Wildman–Crippen MR) is 74.6 cm³/mol. The summed E-state index contributed by atoms with van der Waals surface area (Å²) in [6.07, 6.45) is 0. The van der Waals surface area contributed by atoms with Gasteiger partial charge in [-0.2, -0.15) is 0 Å². The fourth-order valence-corrected chi connectivity index (χ4v) is 2.52. The molecule has 0 spiro atoms. The summed E-state index contributed by atoms with van der Waals surface area (Å²) in [6.45, 7) is 7.30. The number of rotatable bonds is 3. The summed E-state index contributed by atoms with van der Waals surface area (Å²) in [5, 5.41) is 8.91. The van der Waals surface area contributed by atoms with Crippen LogP contribution in [0.15, 0.2) is 22.7 Å². The lowest BCUT2D eigenvalue weighted by Crippen LogP contribution is -2.47. The smallest absolute Gasteiger partial charge is 0.0558 e. The zero-order valence-electron chi connectivity index (χ0n) is 10.2. The van der Waals surface area contributed by atoms with Gasteiger partial charge in [0.05, 0.1) is 6.61 Å². The Balaban J connectivity index is 1.98. The standard InChI is InChI=1S/C13H19BrN2O/c1-11-2-3-12(10-13(11)14)16-6-4-15(5-7-16)8-9-17/h2-3,10,17H,4-9H2,1H3. The quantitative estimate of drug-likeness (QED) is 0.923. The Labute approximate surface area is 111 Å². The molecule has 0 atom stereocenters. The molecule has 4 heteroatoms.